The van der Waals surface area contributed by atoms with Gasteiger partial charge in [-0.15, -0.1) is 0 Å². The van der Waals surface area contributed by atoms with Crippen LogP contribution >= 0.6 is 27.5 Å². The highest BCUT2D eigenvalue weighted by Crippen LogP contribution is 2.23. The van der Waals surface area contributed by atoms with Crippen molar-refractivity contribution in [3.8, 4) is 11.1 Å². The third-order valence-electron chi connectivity index (χ3n) is 4.48. The first-order valence-corrected chi connectivity index (χ1v) is 10.1. The maximum absolute atomic E-state index is 12.7. The highest BCUT2D eigenvalue weighted by molar-refractivity contribution is 9.10. The molecule has 1 N–H and O–H groups in total. The monoisotopic (exact) mass is 471 g/mol. The third kappa shape index (κ3) is 5.46. The lowest BCUT2D eigenvalue weighted by atomic mass is 10.0. The summed E-state index contributed by atoms with van der Waals surface area (Å²) in [5, 5.41) is 3.31. The summed E-state index contributed by atoms with van der Waals surface area (Å²) in [5.41, 5.74) is 3.34. The van der Waals surface area contributed by atoms with Gasteiger partial charge in [0.25, 0.3) is 5.91 Å². The number of methoxy groups -OCH3 is 1. The predicted molar refractivity (Wildman–Crippen MR) is 118 cm³/mol. The second kappa shape index (κ2) is 9.72. The molecule has 0 unspecified atom stereocenters. The molecule has 0 fully saturated rings. The smallest absolute Gasteiger partial charge is 0.328 e. The van der Waals surface area contributed by atoms with E-state index in [0.29, 0.717) is 10.6 Å². The van der Waals surface area contributed by atoms with E-state index in [2.05, 4.69) is 21.2 Å². The van der Waals surface area contributed by atoms with Gasteiger partial charge in [0.15, 0.2) is 0 Å². The first-order chi connectivity index (χ1) is 14.0. The predicted octanol–water partition coefficient (Wildman–Crippen LogP) is 5.28. The van der Waals surface area contributed by atoms with E-state index < -0.39 is 12.0 Å². The van der Waals surface area contributed by atoms with E-state index in [1.807, 2.05) is 42.5 Å². The Morgan fingerprint density at radius 3 is 2.31 bits per heavy atom. The molecule has 0 aromatic heterocycles. The molecule has 4 nitrogen and oxygen atoms in total. The Hall–Kier alpha value is -2.63. The van der Waals surface area contributed by atoms with Crippen molar-refractivity contribution in [1.29, 1.82) is 0 Å². The van der Waals surface area contributed by atoms with Crippen LogP contribution < -0.4 is 5.32 Å². The number of esters is 1. The number of ether oxygens (including phenoxy) is 1. The van der Waals surface area contributed by atoms with Gasteiger partial charge in [0, 0.05) is 21.5 Å². The average Bonchev–Trinajstić information content (AvgIpc) is 2.75. The van der Waals surface area contributed by atoms with Crippen molar-refractivity contribution in [3.05, 3.63) is 93.4 Å². The van der Waals surface area contributed by atoms with Crippen LogP contribution in [0.5, 0.6) is 0 Å². The largest absolute Gasteiger partial charge is 0.467 e. The summed E-state index contributed by atoms with van der Waals surface area (Å²) < 4.78 is 5.67. The van der Waals surface area contributed by atoms with Crippen molar-refractivity contribution in [1.82, 2.24) is 5.32 Å². The summed E-state index contributed by atoms with van der Waals surface area (Å²) in [5.74, 6) is -0.871. The van der Waals surface area contributed by atoms with Crippen LogP contribution in [0.25, 0.3) is 11.1 Å². The Kier molecular flexibility index (Phi) is 7.07. The van der Waals surface area contributed by atoms with Crippen molar-refractivity contribution >= 4 is 39.4 Å². The highest BCUT2D eigenvalue weighted by Gasteiger charge is 2.23. The van der Waals surface area contributed by atoms with E-state index in [9.17, 15) is 9.59 Å². The molecular weight excluding hydrogens is 454 g/mol. The Morgan fingerprint density at radius 1 is 1.00 bits per heavy atom. The molecule has 6 heteroatoms. The van der Waals surface area contributed by atoms with Gasteiger partial charge in [-0.2, -0.15) is 0 Å². The molecule has 29 heavy (non-hydrogen) atoms. The number of halogens is 2. The normalized spacial score (nSPS) is 11.6. The van der Waals surface area contributed by atoms with E-state index >= 15 is 0 Å². The number of nitrogens with one attached hydrogen (secondary N) is 1. The molecule has 3 rings (SSSR count). The van der Waals surface area contributed by atoms with Gasteiger partial charge in [0.05, 0.1) is 7.11 Å². The Balaban J connectivity index is 1.76. The number of hydrogen-bond acceptors (Lipinski definition) is 3. The summed E-state index contributed by atoms with van der Waals surface area (Å²) >= 11 is 9.50. The van der Waals surface area contributed by atoms with Gasteiger partial charge in [-0.1, -0.05) is 70.0 Å². The van der Waals surface area contributed by atoms with Gasteiger partial charge in [-0.3, -0.25) is 4.79 Å². The SMILES string of the molecule is COC(=O)[C@@H](Cc1cc(Cl)ccc1Br)NC(=O)c1ccc(-c2ccccc2)cc1. The van der Waals surface area contributed by atoms with Gasteiger partial charge < -0.3 is 10.1 Å². The molecule has 0 saturated carbocycles. The number of hydrogen-bond donors (Lipinski definition) is 1. The van der Waals surface area contributed by atoms with Gasteiger partial charge in [-0.05, 0) is 47.0 Å². The fourth-order valence-corrected chi connectivity index (χ4v) is 3.54. The molecule has 1 amide bonds. The number of carbonyl (C=O) groups is 2. The van der Waals surface area contributed by atoms with Gasteiger partial charge in [0.1, 0.15) is 6.04 Å². The van der Waals surface area contributed by atoms with Crippen LogP contribution in [0.1, 0.15) is 15.9 Å². The second-order valence-electron chi connectivity index (χ2n) is 6.43. The van der Waals surface area contributed by atoms with Crippen LogP contribution in [-0.2, 0) is 16.0 Å². The molecule has 0 aliphatic rings. The minimum absolute atomic E-state index is 0.252. The fraction of sp³-hybridized carbons (Fsp3) is 0.130. The zero-order chi connectivity index (χ0) is 20.8. The minimum Gasteiger partial charge on any atom is -0.467 e. The molecule has 0 heterocycles. The lowest BCUT2D eigenvalue weighted by molar-refractivity contribution is -0.142. The number of rotatable bonds is 6. The van der Waals surface area contributed by atoms with Crippen LogP contribution in [-0.4, -0.2) is 25.0 Å². The summed E-state index contributed by atoms with van der Waals surface area (Å²) in [4.78, 5) is 24.9. The van der Waals surface area contributed by atoms with Crippen LogP contribution in [0.2, 0.25) is 5.02 Å². The Labute approximate surface area is 183 Å². The van der Waals surface area contributed by atoms with Crippen LogP contribution in [0.4, 0.5) is 0 Å². The highest BCUT2D eigenvalue weighted by atomic mass is 79.9. The van der Waals surface area contributed by atoms with Crippen LogP contribution in [0.3, 0.4) is 0 Å². The summed E-state index contributed by atoms with van der Waals surface area (Å²) in [6, 6.07) is 21.6. The first-order valence-electron chi connectivity index (χ1n) is 8.96. The lowest BCUT2D eigenvalue weighted by Gasteiger charge is -2.18. The maximum atomic E-state index is 12.7. The molecule has 3 aromatic carbocycles. The lowest BCUT2D eigenvalue weighted by Crippen LogP contribution is -2.43. The van der Waals surface area contributed by atoms with Crippen molar-refractivity contribution in [3.63, 3.8) is 0 Å². The van der Waals surface area contributed by atoms with Gasteiger partial charge in [-0.25, -0.2) is 4.79 Å². The fourth-order valence-electron chi connectivity index (χ4n) is 2.94. The quantitative estimate of drug-likeness (QED) is 0.496. The van der Waals surface area contributed by atoms with E-state index in [0.717, 1.165) is 21.2 Å². The van der Waals surface area contributed by atoms with E-state index in [4.69, 9.17) is 16.3 Å². The molecule has 0 radical (unpaired) electrons. The number of amides is 1. The van der Waals surface area contributed by atoms with E-state index in [1.165, 1.54) is 7.11 Å². The molecule has 0 spiro atoms. The Bertz CT molecular complexity index is 1010. The molecule has 0 aliphatic carbocycles. The second-order valence-corrected chi connectivity index (χ2v) is 7.72. The molecule has 148 valence electrons. The zero-order valence-corrected chi connectivity index (χ0v) is 18.0. The van der Waals surface area contributed by atoms with Gasteiger partial charge >= 0.3 is 5.97 Å². The summed E-state index contributed by atoms with van der Waals surface area (Å²) in [6.07, 6.45) is 0.252. The number of carbonyl (C=O) groups excluding carboxylic acids is 2. The van der Waals surface area contributed by atoms with Gasteiger partial charge in [0.2, 0.25) is 0 Å². The molecule has 0 bridgehead atoms. The standard InChI is InChI=1S/C23H19BrClNO3/c1-29-23(28)21(14-18-13-19(25)11-12-20(18)24)26-22(27)17-9-7-16(8-10-17)15-5-3-2-4-6-15/h2-13,21H,14H2,1H3,(H,26,27)/t21-/m1/s1. The minimum atomic E-state index is -0.837. The van der Waals surface area contributed by atoms with Crippen LogP contribution in [0, 0.1) is 0 Å². The first kappa shape index (κ1) is 21.1. The Morgan fingerprint density at radius 2 is 1.66 bits per heavy atom. The topological polar surface area (TPSA) is 55.4 Å². The third-order valence-corrected chi connectivity index (χ3v) is 5.49. The molecule has 0 aliphatic heterocycles. The summed E-state index contributed by atoms with van der Waals surface area (Å²) in [6.45, 7) is 0. The molecule has 1 atom stereocenters. The van der Waals surface area contributed by atoms with Crippen molar-refractivity contribution in [2.45, 2.75) is 12.5 Å². The molecule has 0 saturated heterocycles. The maximum Gasteiger partial charge on any atom is 0.328 e. The van der Waals surface area contributed by atoms with Crippen molar-refractivity contribution in [2.75, 3.05) is 7.11 Å². The van der Waals surface area contributed by atoms with E-state index in [1.54, 1.807) is 30.3 Å². The zero-order valence-electron chi connectivity index (χ0n) is 15.7. The van der Waals surface area contributed by atoms with E-state index in [-0.39, 0.29) is 12.3 Å². The molecule has 3 aromatic rings. The number of benzene rings is 3. The van der Waals surface area contributed by atoms with Crippen molar-refractivity contribution < 1.29 is 14.3 Å². The van der Waals surface area contributed by atoms with Crippen molar-refractivity contribution in [2.24, 2.45) is 0 Å². The average molecular weight is 473 g/mol. The van der Waals surface area contributed by atoms with Crippen LogP contribution in [0.15, 0.2) is 77.3 Å². The molecular formula is C23H19BrClNO3. The summed E-state index contributed by atoms with van der Waals surface area (Å²) in [7, 11) is 1.29.